The summed E-state index contributed by atoms with van der Waals surface area (Å²) in [5.74, 6) is 1.87. The van der Waals surface area contributed by atoms with Crippen LogP contribution in [-0.4, -0.2) is 24.1 Å². The van der Waals surface area contributed by atoms with Crippen LogP contribution in [0.25, 0.3) is 111 Å². The smallest absolute Gasteiger partial charge is 0.164 e. The van der Waals surface area contributed by atoms with E-state index in [-0.39, 0.29) is 0 Å². The molecule has 266 valence electrons. The maximum Gasteiger partial charge on any atom is 0.164 e. The van der Waals surface area contributed by atoms with Crippen LogP contribution in [0, 0.1) is 0 Å². The highest BCUT2D eigenvalue weighted by atomic mass is 16.3. The van der Waals surface area contributed by atoms with E-state index in [4.69, 9.17) is 19.4 Å². The fourth-order valence-electron chi connectivity index (χ4n) is 8.71. The fourth-order valence-corrected chi connectivity index (χ4v) is 8.71. The predicted octanol–water partition coefficient (Wildman–Crippen LogP) is 13.0. The Labute approximate surface area is 326 Å². The molecule has 0 spiro atoms. The summed E-state index contributed by atoms with van der Waals surface area (Å²) in [5.41, 5.74) is 11.2. The molecule has 57 heavy (non-hydrogen) atoms. The Kier molecular flexibility index (Phi) is 6.83. The molecular weight excluding hydrogens is 699 g/mol. The van der Waals surface area contributed by atoms with Crippen molar-refractivity contribution in [1.82, 2.24) is 24.1 Å². The van der Waals surface area contributed by atoms with E-state index in [0.717, 1.165) is 82.8 Å². The van der Waals surface area contributed by atoms with Gasteiger partial charge in [0, 0.05) is 60.4 Å². The molecule has 0 atom stereocenters. The van der Waals surface area contributed by atoms with Crippen molar-refractivity contribution in [3.63, 3.8) is 0 Å². The van der Waals surface area contributed by atoms with Gasteiger partial charge in [-0.1, -0.05) is 133 Å². The lowest BCUT2D eigenvalue weighted by molar-refractivity contribution is 0.669. The molecule has 0 saturated heterocycles. The van der Waals surface area contributed by atoms with Gasteiger partial charge in [0.25, 0.3) is 0 Å². The van der Waals surface area contributed by atoms with Crippen molar-refractivity contribution in [2.75, 3.05) is 0 Å². The van der Waals surface area contributed by atoms with Crippen molar-refractivity contribution >= 4 is 65.6 Å². The van der Waals surface area contributed by atoms with Crippen LogP contribution >= 0.6 is 0 Å². The third-order valence-electron chi connectivity index (χ3n) is 11.1. The molecule has 12 rings (SSSR count). The van der Waals surface area contributed by atoms with Gasteiger partial charge in [0.05, 0.1) is 22.1 Å². The Balaban J connectivity index is 1.19. The average molecular weight is 730 g/mol. The average Bonchev–Trinajstić information content (AvgIpc) is 3.95. The summed E-state index contributed by atoms with van der Waals surface area (Å²) >= 11 is 0. The molecule has 0 unspecified atom stereocenters. The van der Waals surface area contributed by atoms with Crippen LogP contribution in [-0.2, 0) is 0 Å². The Hall–Kier alpha value is -7.83. The van der Waals surface area contributed by atoms with E-state index in [1.807, 2.05) is 66.7 Å². The first-order chi connectivity index (χ1) is 28.3. The van der Waals surface area contributed by atoms with Gasteiger partial charge >= 0.3 is 0 Å². The zero-order chi connectivity index (χ0) is 37.5. The van der Waals surface area contributed by atoms with Crippen LogP contribution in [0.1, 0.15) is 0 Å². The normalized spacial score (nSPS) is 11.9. The highest BCUT2D eigenvalue weighted by Gasteiger charge is 2.24. The number of hydrogen-bond acceptors (Lipinski definition) is 4. The Bertz CT molecular complexity index is 3450. The van der Waals surface area contributed by atoms with E-state index < -0.39 is 0 Å². The molecule has 0 bridgehead atoms. The number of aromatic nitrogens is 5. The Morgan fingerprint density at radius 3 is 1.63 bits per heavy atom. The predicted molar refractivity (Wildman–Crippen MR) is 232 cm³/mol. The second kappa shape index (κ2) is 12.3. The van der Waals surface area contributed by atoms with Crippen LogP contribution < -0.4 is 0 Å². The quantitative estimate of drug-likeness (QED) is 0.177. The van der Waals surface area contributed by atoms with E-state index >= 15 is 0 Å². The van der Waals surface area contributed by atoms with Crippen molar-refractivity contribution in [3.05, 3.63) is 188 Å². The van der Waals surface area contributed by atoms with E-state index in [2.05, 4.69) is 130 Å². The van der Waals surface area contributed by atoms with Crippen LogP contribution in [0.15, 0.2) is 192 Å². The first-order valence-electron chi connectivity index (χ1n) is 19.1. The maximum atomic E-state index is 6.48. The number of hydrogen-bond donors (Lipinski definition) is 0. The Morgan fingerprint density at radius 2 is 0.895 bits per heavy atom. The van der Waals surface area contributed by atoms with Crippen LogP contribution in [0.3, 0.4) is 0 Å². The molecule has 0 saturated carbocycles. The minimum Gasteiger partial charge on any atom is -0.456 e. The number of para-hydroxylation sites is 3. The largest absolute Gasteiger partial charge is 0.456 e. The molecule has 0 fully saturated rings. The number of benzene rings is 8. The third kappa shape index (κ3) is 4.81. The minimum absolute atomic E-state index is 0.611. The summed E-state index contributed by atoms with van der Waals surface area (Å²) in [7, 11) is 0. The van der Waals surface area contributed by atoms with E-state index in [1.54, 1.807) is 0 Å². The van der Waals surface area contributed by atoms with Crippen molar-refractivity contribution in [2.45, 2.75) is 0 Å². The van der Waals surface area contributed by atoms with Crippen molar-refractivity contribution < 1.29 is 4.42 Å². The van der Waals surface area contributed by atoms with Crippen LogP contribution in [0.4, 0.5) is 0 Å². The lowest BCUT2D eigenvalue weighted by Gasteiger charge is -2.12. The molecule has 4 heterocycles. The molecule has 0 aliphatic heterocycles. The van der Waals surface area contributed by atoms with Gasteiger partial charge in [-0.2, -0.15) is 0 Å². The van der Waals surface area contributed by atoms with Gasteiger partial charge < -0.3 is 13.6 Å². The highest BCUT2D eigenvalue weighted by Crippen LogP contribution is 2.46. The van der Waals surface area contributed by atoms with Crippen LogP contribution in [0.5, 0.6) is 0 Å². The molecule has 6 nitrogen and oxygen atoms in total. The molecule has 0 aliphatic rings. The number of nitrogens with zero attached hydrogens (tertiary/aromatic N) is 5. The second-order valence-electron chi connectivity index (χ2n) is 14.4. The number of furan rings is 1. The number of rotatable bonds is 5. The highest BCUT2D eigenvalue weighted by molar-refractivity contribution is 6.32. The first kappa shape index (κ1) is 31.5. The Morgan fingerprint density at radius 1 is 0.333 bits per heavy atom. The molecule has 6 heteroatoms. The molecule has 0 amide bonds. The molecule has 0 radical (unpaired) electrons. The molecule has 0 aliphatic carbocycles. The van der Waals surface area contributed by atoms with E-state index in [9.17, 15) is 0 Å². The van der Waals surface area contributed by atoms with E-state index in [0.29, 0.717) is 17.5 Å². The molecular formula is C51H31N5O. The summed E-state index contributed by atoms with van der Waals surface area (Å²) in [6.45, 7) is 0. The van der Waals surface area contributed by atoms with Crippen molar-refractivity contribution in [1.29, 1.82) is 0 Å². The zero-order valence-electron chi connectivity index (χ0n) is 30.5. The van der Waals surface area contributed by atoms with Crippen molar-refractivity contribution in [3.8, 4) is 45.5 Å². The molecule has 4 aromatic heterocycles. The maximum absolute atomic E-state index is 6.48. The number of fused-ring (bicyclic) bond motifs is 11. The lowest BCUT2D eigenvalue weighted by atomic mass is 10.0. The van der Waals surface area contributed by atoms with Gasteiger partial charge in [0.2, 0.25) is 0 Å². The molecule has 8 aromatic carbocycles. The van der Waals surface area contributed by atoms with Gasteiger partial charge in [-0.15, -0.1) is 0 Å². The lowest BCUT2D eigenvalue weighted by Crippen LogP contribution is -2.01. The molecule has 0 N–H and O–H groups in total. The third-order valence-corrected chi connectivity index (χ3v) is 11.1. The zero-order valence-corrected chi connectivity index (χ0v) is 30.5. The molecule has 12 aromatic rings. The fraction of sp³-hybridized carbons (Fsp3) is 0. The van der Waals surface area contributed by atoms with Gasteiger partial charge in [-0.05, 0) is 54.6 Å². The topological polar surface area (TPSA) is 61.7 Å². The van der Waals surface area contributed by atoms with Crippen molar-refractivity contribution in [2.24, 2.45) is 0 Å². The van der Waals surface area contributed by atoms with Gasteiger partial charge in [0.1, 0.15) is 11.2 Å². The van der Waals surface area contributed by atoms with Crippen LogP contribution in [0.2, 0.25) is 0 Å². The second-order valence-corrected chi connectivity index (χ2v) is 14.4. The standard InChI is InChI=1S/C51H31N5O/c1-4-15-32(16-5-1)49-52-50(33-17-6-2-7-18-33)54-51(53-49)34-19-14-22-36(31-34)56-41-29-30-44-47(38-24-11-13-26-43(38)57-44)45(41)39-27-28-42-46(48(39)56)37-23-10-12-25-40(37)55(42)35-20-8-3-9-21-35/h1-31H. The van der Waals surface area contributed by atoms with E-state index in [1.165, 1.54) is 10.8 Å². The summed E-state index contributed by atoms with van der Waals surface area (Å²) < 4.78 is 11.3. The van der Waals surface area contributed by atoms with Gasteiger partial charge in [-0.3, -0.25) is 0 Å². The van der Waals surface area contributed by atoms with Gasteiger partial charge in [0.15, 0.2) is 17.5 Å². The first-order valence-corrected chi connectivity index (χ1v) is 19.1. The minimum atomic E-state index is 0.611. The summed E-state index contributed by atoms with van der Waals surface area (Å²) in [5, 5.41) is 6.92. The summed E-state index contributed by atoms with van der Waals surface area (Å²) in [6, 6.07) is 65.4. The van der Waals surface area contributed by atoms with Gasteiger partial charge in [-0.25, -0.2) is 15.0 Å². The summed E-state index contributed by atoms with van der Waals surface area (Å²) in [4.78, 5) is 15.1. The monoisotopic (exact) mass is 729 g/mol. The SMILES string of the molecule is c1ccc(-c2nc(-c3ccccc3)nc(-c3cccc(-n4c5ccc6oc7ccccc7c6c5c5ccc6c(c7ccccc7n6-c6ccccc6)c54)c3)n2)cc1. The summed E-state index contributed by atoms with van der Waals surface area (Å²) in [6.07, 6.45) is 0.